The van der Waals surface area contributed by atoms with Crippen molar-refractivity contribution in [1.82, 2.24) is 4.98 Å². The van der Waals surface area contributed by atoms with Crippen molar-refractivity contribution >= 4 is 11.1 Å². The van der Waals surface area contributed by atoms with Crippen LogP contribution in [0.2, 0.25) is 0 Å². The molecule has 0 amide bonds. The summed E-state index contributed by atoms with van der Waals surface area (Å²) in [6.45, 7) is 4.08. The molecular formula is C29H35FN2O. The van der Waals surface area contributed by atoms with Gasteiger partial charge >= 0.3 is 0 Å². The zero-order valence-corrected chi connectivity index (χ0v) is 20.1. The standard InChI is InChI=1S/C29H35FN2O/c1-4-20(17-30)8-9-21-10-12-23(13-11-21)26-16-25(22-6-5-7-22)19(2)29-24(27(26)18-31)14-15-28(32-29)33-3/h10-15,19-20,22,25H,4-9,16-17H2,1-3H3. The lowest BCUT2D eigenvalue weighted by molar-refractivity contribution is 0.184. The van der Waals surface area contributed by atoms with E-state index >= 15 is 0 Å². The van der Waals surface area contributed by atoms with Gasteiger partial charge in [-0.2, -0.15) is 5.26 Å². The van der Waals surface area contributed by atoms with Crippen LogP contribution in [0.5, 0.6) is 5.88 Å². The van der Waals surface area contributed by atoms with Crippen LogP contribution in [-0.4, -0.2) is 18.8 Å². The van der Waals surface area contributed by atoms with Crippen LogP contribution < -0.4 is 4.74 Å². The van der Waals surface area contributed by atoms with Crippen molar-refractivity contribution in [2.45, 2.75) is 64.7 Å². The molecule has 0 radical (unpaired) electrons. The number of pyridine rings is 1. The maximum absolute atomic E-state index is 13.1. The normalized spacial score (nSPS) is 21.5. The Morgan fingerprint density at radius 1 is 1.18 bits per heavy atom. The van der Waals surface area contributed by atoms with E-state index < -0.39 is 0 Å². The molecule has 0 aliphatic heterocycles. The van der Waals surface area contributed by atoms with Crippen LogP contribution >= 0.6 is 0 Å². The molecule has 1 saturated carbocycles. The van der Waals surface area contributed by atoms with Gasteiger partial charge in [0.1, 0.15) is 6.07 Å². The molecule has 2 aromatic rings. The summed E-state index contributed by atoms with van der Waals surface area (Å²) in [7, 11) is 1.64. The molecule has 2 aliphatic rings. The highest BCUT2D eigenvalue weighted by Gasteiger charge is 2.37. The Kier molecular flexibility index (Phi) is 7.48. The predicted molar refractivity (Wildman–Crippen MR) is 132 cm³/mol. The highest BCUT2D eigenvalue weighted by atomic mass is 19.1. The molecule has 2 aliphatic carbocycles. The molecule has 174 valence electrons. The lowest BCUT2D eigenvalue weighted by Gasteiger charge is -2.37. The van der Waals surface area contributed by atoms with Gasteiger partial charge in [0, 0.05) is 17.5 Å². The number of benzene rings is 1. The number of nitrogens with zero attached hydrogens (tertiary/aromatic N) is 2. The highest BCUT2D eigenvalue weighted by molar-refractivity contribution is 5.98. The summed E-state index contributed by atoms with van der Waals surface area (Å²) in [5.74, 6) is 2.17. The van der Waals surface area contributed by atoms with E-state index in [-0.39, 0.29) is 18.5 Å². The first kappa shape index (κ1) is 23.5. The molecule has 3 unspecified atom stereocenters. The van der Waals surface area contributed by atoms with E-state index in [0.717, 1.165) is 53.7 Å². The fourth-order valence-corrected chi connectivity index (χ4v) is 5.47. The number of hydrogen-bond acceptors (Lipinski definition) is 3. The summed E-state index contributed by atoms with van der Waals surface area (Å²) in [5, 5.41) is 10.3. The molecule has 0 N–H and O–H groups in total. The zero-order chi connectivity index (χ0) is 23.4. The largest absolute Gasteiger partial charge is 0.481 e. The van der Waals surface area contributed by atoms with Gasteiger partial charge in [-0.25, -0.2) is 4.98 Å². The predicted octanol–water partition coefficient (Wildman–Crippen LogP) is 7.38. The van der Waals surface area contributed by atoms with Crippen molar-refractivity contribution in [2.75, 3.05) is 13.8 Å². The Labute approximate surface area is 197 Å². The van der Waals surface area contributed by atoms with Gasteiger partial charge in [0.05, 0.1) is 25.1 Å². The van der Waals surface area contributed by atoms with Gasteiger partial charge in [-0.05, 0) is 59.8 Å². The number of halogens is 1. The first-order valence-corrected chi connectivity index (χ1v) is 12.4. The summed E-state index contributed by atoms with van der Waals surface area (Å²) in [6.07, 6.45) is 7.36. The Bertz CT molecular complexity index is 1030. The number of fused-ring (bicyclic) bond motifs is 1. The van der Waals surface area contributed by atoms with Crippen LogP contribution in [0, 0.1) is 29.1 Å². The van der Waals surface area contributed by atoms with Crippen molar-refractivity contribution in [3.8, 4) is 11.9 Å². The molecular weight excluding hydrogens is 411 g/mol. The molecule has 1 fully saturated rings. The number of alkyl halides is 1. The van der Waals surface area contributed by atoms with Crippen LogP contribution in [0.15, 0.2) is 36.4 Å². The lowest BCUT2D eigenvalue weighted by Crippen LogP contribution is -2.26. The van der Waals surface area contributed by atoms with Crippen molar-refractivity contribution in [1.29, 1.82) is 5.26 Å². The Morgan fingerprint density at radius 3 is 2.52 bits per heavy atom. The molecule has 1 aromatic heterocycles. The maximum atomic E-state index is 13.1. The molecule has 4 rings (SSSR count). The summed E-state index contributed by atoms with van der Waals surface area (Å²) in [4.78, 5) is 4.82. The Hall–Kier alpha value is -2.67. The summed E-state index contributed by atoms with van der Waals surface area (Å²) in [6, 6.07) is 15.0. The first-order chi connectivity index (χ1) is 16.1. The molecule has 3 atom stereocenters. The number of rotatable bonds is 8. The summed E-state index contributed by atoms with van der Waals surface area (Å²) in [5.41, 5.74) is 6.16. The highest BCUT2D eigenvalue weighted by Crippen LogP contribution is 2.50. The lowest BCUT2D eigenvalue weighted by atomic mass is 9.68. The van der Waals surface area contributed by atoms with E-state index in [1.807, 2.05) is 12.1 Å². The summed E-state index contributed by atoms with van der Waals surface area (Å²) >= 11 is 0. The first-order valence-electron chi connectivity index (χ1n) is 12.4. The van der Waals surface area contributed by atoms with Crippen molar-refractivity contribution < 1.29 is 9.13 Å². The zero-order valence-electron chi connectivity index (χ0n) is 20.1. The van der Waals surface area contributed by atoms with Crippen LogP contribution in [0.1, 0.15) is 80.7 Å². The van der Waals surface area contributed by atoms with Gasteiger partial charge in [-0.15, -0.1) is 0 Å². The molecule has 3 nitrogen and oxygen atoms in total. The molecule has 0 bridgehead atoms. The number of nitriles is 1. The van der Waals surface area contributed by atoms with E-state index in [1.165, 1.54) is 24.8 Å². The molecule has 33 heavy (non-hydrogen) atoms. The van der Waals surface area contributed by atoms with Crippen LogP contribution in [0.25, 0.3) is 11.1 Å². The van der Waals surface area contributed by atoms with E-state index in [2.05, 4.69) is 44.2 Å². The average molecular weight is 447 g/mol. The Morgan fingerprint density at radius 2 is 1.94 bits per heavy atom. The fraction of sp³-hybridized carbons (Fsp3) is 0.517. The third-order valence-corrected chi connectivity index (χ3v) is 8.00. The minimum atomic E-state index is -0.244. The number of aromatic nitrogens is 1. The van der Waals surface area contributed by atoms with E-state index in [0.29, 0.717) is 17.7 Å². The number of allylic oxidation sites excluding steroid dienone is 2. The average Bonchev–Trinajstić information content (AvgIpc) is 2.93. The molecule has 0 saturated heterocycles. The van der Waals surface area contributed by atoms with Gasteiger partial charge in [0.25, 0.3) is 0 Å². The van der Waals surface area contributed by atoms with Crippen molar-refractivity contribution in [2.24, 2.45) is 17.8 Å². The molecule has 1 heterocycles. The van der Waals surface area contributed by atoms with Gasteiger partial charge in [0.2, 0.25) is 5.88 Å². The van der Waals surface area contributed by atoms with Gasteiger partial charge in [0.15, 0.2) is 0 Å². The van der Waals surface area contributed by atoms with Gasteiger partial charge in [-0.3, -0.25) is 4.39 Å². The van der Waals surface area contributed by atoms with E-state index in [1.54, 1.807) is 7.11 Å². The molecule has 4 heteroatoms. The SMILES string of the molecule is CCC(CF)CCc1ccc(C2=C(C#N)c3ccc(OC)nc3C(C)C(C3CCC3)C2)cc1. The second-order valence-corrected chi connectivity index (χ2v) is 9.76. The number of ether oxygens (including phenoxy) is 1. The Balaban J connectivity index is 1.71. The van der Waals surface area contributed by atoms with Gasteiger partial charge < -0.3 is 4.74 Å². The van der Waals surface area contributed by atoms with Crippen molar-refractivity contribution in [3.05, 3.63) is 58.8 Å². The smallest absolute Gasteiger partial charge is 0.213 e. The number of aryl methyl sites for hydroxylation is 1. The van der Waals surface area contributed by atoms with Crippen LogP contribution in [-0.2, 0) is 6.42 Å². The second kappa shape index (κ2) is 10.5. The maximum Gasteiger partial charge on any atom is 0.213 e. The van der Waals surface area contributed by atoms with Crippen LogP contribution in [0.4, 0.5) is 4.39 Å². The molecule has 1 aromatic carbocycles. The van der Waals surface area contributed by atoms with Crippen LogP contribution in [0.3, 0.4) is 0 Å². The molecule has 0 spiro atoms. The minimum absolute atomic E-state index is 0.144. The third kappa shape index (κ3) is 4.83. The van der Waals surface area contributed by atoms with E-state index in [9.17, 15) is 9.65 Å². The number of hydrogen-bond donors (Lipinski definition) is 0. The minimum Gasteiger partial charge on any atom is -0.481 e. The topological polar surface area (TPSA) is 45.9 Å². The van der Waals surface area contributed by atoms with Crippen molar-refractivity contribution in [3.63, 3.8) is 0 Å². The third-order valence-electron chi connectivity index (χ3n) is 8.00. The van der Waals surface area contributed by atoms with Gasteiger partial charge in [-0.1, -0.05) is 63.8 Å². The van der Waals surface area contributed by atoms with E-state index in [4.69, 9.17) is 9.72 Å². The number of methoxy groups -OCH3 is 1. The second-order valence-electron chi connectivity index (χ2n) is 9.76. The quantitative estimate of drug-likeness (QED) is 0.425. The summed E-state index contributed by atoms with van der Waals surface area (Å²) < 4.78 is 18.5. The fourth-order valence-electron chi connectivity index (χ4n) is 5.47. The monoisotopic (exact) mass is 446 g/mol.